The molecule has 1 saturated heterocycles. The molecule has 0 aliphatic carbocycles. The lowest BCUT2D eigenvalue weighted by atomic mass is 10.1. The van der Waals surface area contributed by atoms with Gasteiger partial charge >= 0.3 is 0 Å². The topological polar surface area (TPSA) is 80.2 Å². The van der Waals surface area contributed by atoms with Gasteiger partial charge in [0.1, 0.15) is 0 Å². The van der Waals surface area contributed by atoms with E-state index in [1.165, 1.54) is 0 Å². The Morgan fingerprint density at radius 2 is 1.88 bits per heavy atom. The number of hydrogen-bond donors (Lipinski definition) is 1. The van der Waals surface area contributed by atoms with Crippen LogP contribution in [0.3, 0.4) is 0 Å². The van der Waals surface area contributed by atoms with Crippen LogP contribution in [-0.2, 0) is 9.53 Å². The molecule has 4 aromatic rings. The van der Waals surface area contributed by atoms with E-state index in [0.29, 0.717) is 19.0 Å². The average molecular weight is 470 g/mol. The number of ether oxygens (including phenoxy) is 1. The predicted molar refractivity (Wildman–Crippen MR) is 134 cm³/mol. The van der Waals surface area contributed by atoms with Crippen LogP contribution in [0, 0.1) is 6.92 Å². The summed E-state index contributed by atoms with van der Waals surface area (Å²) in [4.78, 5) is 30.3. The van der Waals surface area contributed by atoms with Crippen molar-refractivity contribution in [3.05, 3.63) is 77.9 Å². The maximum Gasteiger partial charge on any atom is 0.187 e. The highest BCUT2D eigenvalue weighted by atomic mass is 32.1. The second-order valence-electron chi connectivity index (χ2n) is 8.47. The minimum absolute atomic E-state index is 0.0339. The van der Waals surface area contributed by atoms with Crippen LogP contribution < -0.4 is 10.2 Å². The van der Waals surface area contributed by atoms with Gasteiger partial charge < -0.3 is 15.0 Å². The van der Waals surface area contributed by atoms with E-state index in [-0.39, 0.29) is 5.78 Å². The first-order valence-electron chi connectivity index (χ1n) is 11.3. The molecule has 2 aliphatic rings. The number of aromatic nitrogens is 3. The number of morpholine rings is 1. The Kier molecular flexibility index (Phi) is 5.31. The fraction of sp³-hybridized carbons (Fsp3) is 0.231. The zero-order valence-electron chi connectivity index (χ0n) is 18.7. The van der Waals surface area contributed by atoms with Crippen molar-refractivity contribution >= 4 is 38.9 Å². The minimum atomic E-state index is -0.607. The highest BCUT2D eigenvalue weighted by Gasteiger charge is 2.31. The van der Waals surface area contributed by atoms with Crippen LogP contribution >= 0.6 is 11.3 Å². The first kappa shape index (κ1) is 20.9. The summed E-state index contributed by atoms with van der Waals surface area (Å²) in [6.07, 6.45) is 5.25. The van der Waals surface area contributed by atoms with Gasteiger partial charge in [-0.05, 0) is 42.3 Å². The highest BCUT2D eigenvalue weighted by molar-refractivity contribution is 7.22. The smallest absolute Gasteiger partial charge is 0.187 e. The number of nitrogens with zero attached hydrogens (tertiary/aromatic N) is 4. The summed E-state index contributed by atoms with van der Waals surface area (Å²) in [5.41, 5.74) is 4.87. The Bertz CT molecular complexity index is 1410. The number of carbonyl (C=O) groups excluding carboxylic acids is 1. The molecule has 170 valence electrons. The van der Waals surface area contributed by atoms with Crippen molar-refractivity contribution in [2.24, 2.45) is 0 Å². The summed E-state index contributed by atoms with van der Waals surface area (Å²) in [6, 6.07) is 13.6. The van der Waals surface area contributed by atoms with Crippen LogP contribution in [-0.4, -0.2) is 47.0 Å². The third kappa shape index (κ3) is 3.85. The van der Waals surface area contributed by atoms with Crippen LogP contribution in [0.1, 0.15) is 23.0 Å². The van der Waals surface area contributed by atoms with Gasteiger partial charge in [0, 0.05) is 42.1 Å². The number of rotatable bonds is 4. The van der Waals surface area contributed by atoms with E-state index in [1.807, 2.05) is 37.3 Å². The lowest BCUT2D eigenvalue weighted by Gasteiger charge is -2.28. The van der Waals surface area contributed by atoms with Crippen LogP contribution in [0.2, 0.25) is 0 Å². The maximum atomic E-state index is 13.0. The van der Waals surface area contributed by atoms with Gasteiger partial charge in [0.25, 0.3) is 0 Å². The maximum absolute atomic E-state index is 13.0. The van der Waals surface area contributed by atoms with E-state index in [1.54, 1.807) is 29.8 Å². The Morgan fingerprint density at radius 3 is 2.68 bits per heavy atom. The van der Waals surface area contributed by atoms with Gasteiger partial charge in [-0.2, -0.15) is 0 Å². The number of carbonyl (C=O) groups is 1. The molecule has 1 N–H and O–H groups in total. The Labute approximate surface area is 201 Å². The molecule has 0 bridgehead atoms. The summed E-state index contributed by atoms with van der Waals surface area (Å²) >= 11 is 1.67. The molecule has 1 atom stereocenters. The van der Waals surface area contributed by atoms with E-state index in [0.717, 1.165) is 56.4 Å². The highest BCUT2D eigenvalue weighted by Crippen LogP contribution is 2.38. The number of ketones is 1. The fourth-order valence-electron chi connectivity index (χ4n) is 4.37. The molecule has 34 heavy (non-hydrogen) atoms. The van der Waals surface area contributed by atoms with Crippen molar-refractivity contribution in [1.82, 2.24) is 20.3 Å². The van der Waals surface area contributed by atoms with Crippen LogP contribution in [0.5, 0.6) is 0 Å². The van der Waals surface area contributed by atoms with Gasteiger partial charge in [0.2, 0.25) is 0 Å². The van der Waals surface area contributed by atoms with E-state index < -0.39 is 6.04 Å². The molecule has 0 saturated carbocycles. The quantitative estimate of drug-likeness (QED) is 0.481. The summed E-state index contributed by atoms with van der Waals surface area (Å²) < 4.78 is 6.59. The lowest BCUT2D eigenvalue weighted by Crippen LogP contribution is -2.37. The van der Waals surface area contributed by atoms with E-state index in [2.05, 4.69) is 27.3 Å². The van der Waals surface area contributed by atoms with Crippen molar-refractivity contribution in [2.75, 3.05) is 31.2 Å². The zero-order valence-corrected chi connectivity index (χ0v) is 19.5. The van der Waals surface area contributed by atoms with Gasteiger partial charge in [-0.1, -0.05) is 23.8 Å². The third-order valence-corrected chi connectivity index (χ3v) is 7.27. The zero-order chi connectivity index (χ0) is 23.1. The first-order chi connectivity index (χ1) is 16.7. The molecule has 0 spiro atoms. The molecule has 1 fully saturated rings. The van der Waals surface area contributed by atoms with Crippen molar-refractivity contribution in [2.45, 2.75) is 13.0 Å². The monoisotopic (exact) mass is 469 g/mol. The Hall–Kier alpha value is -3.62. The Balaban J connectivity index is 1.42. The number of thiophene rings is 1. The van der Waals surface area contributed by atoms with Crippen molar-refractivity contribution in [3.8, 4) is 10.4 Å². The molecular weight excluding hydrogens is 446 g/mol. The van der Waals surface area contributed by atoms with Crippen molar-refractivity contribution in [1.29, 1.82) is 0 Å². The molecule has 0 radical (unpaired) electrons. The SMILES string of the molecule is Cc1cccc(C2=CC(=O)C(c3nc(N4CCOCC4)c4sc(-c5ccncc5)cc4n3)N2)c1. The molecule has 7 nitrogen and oxygen atoms in total. The lowest BCUT2D eigenvalue weighted by molar-refractivity contribution is -0.115. The number of aryl methyl sites for hydroxylation is 1. The average Bonchev–Trinajstić information content (AvgIpc) is 3.48. The number of nitrogens with one attached hydrogen (secondary N) is 1. The first-order valence-corrected chi connectivity index (χ1v) is 12.1. The molecule has 8 heteroatoms. The molecule has 5 heterocycles. The van der Waals surface area contributed by atoms with E-state index >= 15 is 0 Å². The summed E-state index contributed by atoms with van der Waals surface area (Å²) in [5, 5.41) is 3.37. The molecule has 3 aromatic heterocycles. The minimum Gasteiger partial charge on any atom is -0.378 e. The van der Waals surface area contributed by atoms with E-state index in [4.69, 9.17) is 14.7 Å². The summed E-state index contributed by atoms with van der Waals surface area (Å²) in [7, 11) is 0. The molecule has 1 unspecified atom stereocenters. The van der Waals surface area contributed by atoms with E-state index in [9.17, 15) is 4.79 Å². The van der Waals surface area contributed by atoms with Crippen LogP contribution in [0.15, 0.2) is 60.9 Å². The molecule has 1 aromatic carbocycles. The van der Waals surface area contributed by atoms with Gasteiger partial charge in [-0.25, -0.2) is 9.97 Å². The molecule has 0 amide bonds. The third-order valence-electron chi connectivity index (χ3n) is 6.10. The molecular formula is C26H23N5O2S. The van der Waals surface area contributed by atoms with Gasteiger partial charge in [0.15, 0.2) is 23.5 Å². The predicted octanol–water partition coefficient (Wildman–Crippen LogP) is 4.15. The van der Waals surface area contributed by atoms with Gasteiger partial charge in [-0.3, -0.25) is 9.78 Å². The van der Waals surface area contributed by atoms with Crippen molar-refractivity contribution < 1.29 is 9.53 Å². The standard InChI is InChI=1S/C26H23N5O2S/c1-16-3-2-4-18(13-16)19-14-21(32)23(28-19)25-29-20-15-22(17-5-7-27-8-6-17)34-24(20)26(30-25)31-9-11-33-12-10-31/h2-8,13-15,23,28H,9-12H2,1H3. The fourth-order valence-corrected chi connectivity index (χ4v) is 5.49. The number of benzene rings is 1. The van der Waals surface area contributed by atoms with Crippen LogP contribution in [0.25, 0.3) is 26.4 Å². The summed E-state index contributed by atoms with van der Waals surface area (Å²) in [5.74, 6) is 1.33. The van der Waals surface area contributed by atoms with Crippen LogP contribution in [0.4, 0.5) is 5.82 Å². The second-order valence-corrected chi connectivity index (χ2v) is 9.53. The number of pyridine rings is 1. The number of fused-ring (bicyclic) bond motifs is 1. The number of hydrogen-bond acceptors (Lipinski definition) is 8. The van der Waals surface area contributed by atoms with Gasteiger partial charge in [-0.15, -0.1) is 11.3 Å². The molecule has 6 rings (SSSR count). The molecule has 2 aliphatic heterocycles. The normalized spacial score (nSPS) is 18.3. The van der Waals surface area contributed by atoms with Crippen molar-refractivity contribution in [3.63, 3.8) is 0 Å². The second kappa shape index (κ2) is 8.62. The van der Waals surface area contributed by atoms with Gasteiger partial charge in [0.05, 0.1) is 23.4 Å². The largest absolute Gasteiger partial charge is 0.378 e. The Morgan fingerprint density at radius 1 is 1.06 bits per heavy atom. The number of anilines is 1. The summed E-state index contributed by atoms with van der Waals surface area (Å²) in [6.45, 7) is 4.87.